The third kappa shape index (κ3) is 2.40. The van der Waals surface area contributed by atoms with Gasteiger partial charge in [-0.15, -0.1) is 6.42 Å². The molecule has 3 heteroatoms. The molecule has 0 fully saturated rings. The highest BCUT2D eigenvalue weighted by Crippen LogP contribution is 2.02. The molecule has 12 heavy (non-hydrogen) atoms. The van der Waals surface area contributed by atoms with Gasteiger partial charge in [0.15, 0.2) is 6.61 Å². The zero-order chi connectivity index (χ0) is 8.81. The van der Waals surface area contributed by atoms with Crippen LogP contribution in [0, 0.1) is 12.3 Å². The van der Waals surface area contributed by atoms with Crippen LogP contribution >= 0.6 is 0 Å². The van der Waals surface area contributed by atoms with Crippen LogP contribution in [-0.4, -0.2) is 25.7 Å². The highest BCUT2D eigenvalue weighted by Gasteiger charge is 2.11. The maximum atomic E-state index is 11.1. The molecule has 0 unspecified atom stereocenters. The van der Waals surface area contributed by atoms with E-state index in [0.29, 0.717) is 12.1 Å². The van der Waals surface area contributed by atoms with E-state index in [1.54, 1.807) is 0 Å². The molecule has 1 aliphatic rings. The van der Waals surface area contributed by atoms with Gasteiger partial charge in [-0.2, -0.15) is 0 Å². The van der Waals surface area contributed by atoms with Crippen LogP contribution in [-0.2, 0) is 9.53 Å². The molecule has 64 valence electrons. The van der Waals surface area contributed by atoms with Gasteiger partial charge in [-0.05, 0) is 13.0 Å². The summed E-state index contributed by atoms with van der Waals surface area (Å²) in [5.74, 6) is 1.94. The van der Waals surface area contributed by atoms with Crippen molar-refractivity contribution in [3.63, 3.8) is 0 Å². The van der Waals surface area contributed by atoms with Gasteiger partial charge in [0.1, 0.15) is 0 Å². The lowest BCUT2D eigenvalue weighted by atomic mass is 10.1. The molecular formula is C9H11NO2. The monoisotopic (exact) mass is 165 g/mol. The van der Waals surface area contributed by atoms with Gasteiger partial charge >= 0.3 is 5.97 Å². The Balaban J connectivity index is 2.41. The second kappa shape index (κ2) is 4.58. The third-order valence-electron chi connectivity index (χ3n) is 1.58. The standard InChI is InChI=1S/C9H11NO2/c1-2-6-12-9(11)8-4-3-5-10-7-8/h1,4,10H,3,5-7H2. The molecule has 3 nitrogen and oxygen atoms in total. The fourth-order valence-electron chi connectivity index (χ4n) is 0.999. The molecule has 0 aromatic heterocycles. The quantitative estimate of drug-likeness (QED) is 0.465. The molecular weight excluding hydrogens is 154 g/mol. The van der Waals surface area contributed by atoms with Gasteiger partial charge in [0.05, 0.1) is 0 Å². The van der Waals surface area contributed by atoms with E-state index in [1.165, 1.54) is 0 Å². The van der Waals surface area contributed by atoms with Crippen LogP contribution in [0.4, 0.5) is 0 Å². The fourth-order valence-corrected chi connectivity index (χ4v) is 0.999. The molecule has 1 rings (SSSR count). The molecule has 0 aliphatic carbocycles. The van der Waals surface area contributed by atoms with E-state index in [4.69, 9.17) is 11.2 Å². The third-order valence-corrected chi connectivity index (χ3v) is 1.58. The van der Waals surface area contributed by atoms with Crippen molar-refractivity contribution in [1.82, 2.24) is 5.32 Å². The summed E-state index contributed by atoms with van der Waals surface area (Å²) >= 11 is 0. The molecule has 0 atom stereocenters. The van der Waals surface area contributed by atoms with Gasteiger partial charge in [0.25, 0.3) is 0 Å². The van der Waals surface area contributed by atoms with E-state index >= 15 is 0 Å². The van der Waals surface area contributed by atoms with Crippen molar-refractivity contribution in [2.75, 3.05) is 19.7 Å². The van der Waals surface area contributed by atoms with Crippen molar-refractivity contribution >= 4 is 5.97 Å². The van der Waals surface area contributed by atoms with Crippen LogP contribution in [0.15, 0.2) is 11.6 Å². The Kier molecular flexibility index (Phi) is 3.36. The van der Waals surface area contributed by atoms with Gasteiger partial charge in [0, 0.05) is 12.1 Å². The second-order valence-electron chi connectivity index (χ2n) is 2.48. The zero-order valence-corrected chi connectivity index (χ0v) is 6.80. The lowest BCUT2D eigenvalue weighted by molar-refractivity contribution is -0.137. The van der Waals surface area contributed by atoms with Crippen molar-refractivity contribution in [1.29, 1.82) is 0 Å². The Bertz CT molecular complexity index is 237. The summed E-state index contributed by atoms with van der Waals surface area (Å²) in [6, 6.07) is 0. The van der Waals surface area contributed by atoms with Crippen LogP contribution < -0.4 is 5.32 Å². The van der Waals surface area contributed by atoms with Crippen molar-refractivity contribution in [2.24, 2.45) is 0 Å². The molecule has 0 bridgehead atoms. The number of terminal acetylenes is 1. The van der Waals surface area contributed by atoms with Gasteiger partial charge in [-0.1, -0.05) is 12.0 Å². The van der Waals surface area contributed by atoms with Gasteiger partial charge < -0.3 is 10.1 Å². The lowest BCUT2D eigenvalue weighted by Crippen LogP contribution is -2.26. The fraction of sp³-hybridized carbons (Fsp3) is 0.444. The summed E-state index contributed by atoms with van der Waals surface area (Å²) in [6.07, 6.45) is 7.70. The van der Waals surface area contributed by atoms with Gasteiger partial charge in [-0.25, -0.2) is 4.79 Å². The van der Waals surface area contributed by atoms with Crippen molar-refractivity contribution < 1.29 is 9.53 Å². The SMILES string of the molecule is C#CCOC(=O)C1=CCCNC1. The predicted octanol–water partition coefficient (Wildman–Crippen LogP) is 0.0825. The average molecular weight is 165 g/mol. The first kappa shape index (κ1) is 8.82. The first-order valence-electron chi connectivity index (χ1n) is 3.85. The highest BCUT2D eigenvalue weighted by atomic mass is 16.5. The minimum absolute atomic E-state index is 0.0518. The molecule has 0 radical (unpaired) electrons. The summed E-state index contributed by atoms with van der Waals surface area (Å²) in [4.78, 5) is 11.1. The van der Waals surface area contributed by atoms with E-state index in [-0.39, 0.29) is 12.6 Å². The van der Waals surface area contributed by atoms with Crippen LogP contribution in [0.25, 0.3) is 0 Å². The molecule has 1 heterocycles. The molecule has 0 aromatic carbocycles. The van der Waals surface area contributed by atoms with Crippen LogP contribution in [0.3, 0.4) is 0 Å². The number of nitrogens with one attached hydrogen (secondary N) is 1. The number of hydrogen-bond donors (Lipinski definition) is 1. The van der Waals surface area contributed by atoms with Crippen LogP contribution in [0.1, 0.15) is 6.42 Å². The second-order valence-corrected chi connectivity index (χ2v) is 2.48. The maximum absolute atomic E-state index is 11.1. The predicted molar refractivity (Wildman–Crippen MR) is 45.4 cm³/mol. The first-order valence-corrected chi connectivity index (χ1v) is 3.85. The number of hydrogen-bond acceptors (Lipinski definition) is 3. The largest absolute Gasteiger partial charge is 0.449 e. The Morgan fingerprint density at radius 1 is 1.83 bits per heavy atom. The molecule has 0 saturated heterocycles. The molecule has 1 aliphatic heterocycles. The van der Waals surface area contributed by atoms with Gasteiger partial charge in [-0.3, -0.25) is 0 Å². The number of rotatable bonds is 2. The van der Waals surface area contributed by atoms with Crippen molar-refractivity contribution in [3.05, 3.63) is 11.6 Å². The summed E-state index contributed by atoms with van der Waals surface area (Å²) in [7, 11) is 0. The number of carbonyl (C=O) groups is 1. The van der Waals surface area contributed by atoms with Crippen LogP contribution in [0.2, 0.25) is 0 Å². The average Bonchev–Trinajstić information content (AvgIpc) is 2.15. The Hall–Kier alpha value is -1.27. The molecule has 0 amide bonds. The Labute approximate surface area is 71.8 Å². The summed E-state index contributed by atoms with van der Waals surface area (Å²) in [5, 5.41) is 3.07. The number of carbonyl (C=O) groups excluding carboxylic acids is 1. The van der Waals surface area contributed by atoms with E-state index in [9.17, 15) is 4.79 Å². The topological polar surface area (TPSA) is 38.3 Å². The normalized spacial score (nSPS) is 16.1. The van der Waals surface area contributed by atoms with E-state index in [1.807, 2.05) is 6.08 Å². The highest BCUT2D eigenvalue weighted by molar-refractivity contribution is 5.89. The summed E-state index contributed by atoms with van der Waals surface area (Å²) < 4.78 is 4.75. The Morgan fingerprint density at radius 2 is 2.67 bits per heavy atom. The van der Waals surface area contributed by atoms with Crippen molar-refractivity contribution in [3.8, 4) is 12.3 Å². The number of esters is 1. The molecule has 0 aromatic rings. The van der Waals surface area contributed by atoms with Crippen molar-refractivity contribution in [2.45, 2.75) is 6.42 Å². The lowest BCUT2D eigenvalue weighted by Gasteiger charge is -2.12. The smallest absolute Gasteiger partial charge is 0.335 e. The minimum Gasteiger partial charge on any atom is -0.449 e. The summed E-state index contributed by atoms with van der Waals surface area (Å²) in [6.45, 7) is 1.56. The van der Waals surface area contributed by atoms with E-state index < -0.39 is 0 Å². The zero-order valence-electron chi connectivity index (χ0n) is 6.80. The first-order chi connectivity index (χ1) is 5.84. The molecule has 0 spiro atoms. The minimum atomic E-state index is -0.305. The molecule has 1 N–H and O–H groups in total. The maximum Gasteiger partial charge on any atom is 0.335 e. The Morgan fingerprint density at radius 3 is 3.25 bits per heavy atom. The van der Waals surface area contributed by atoms with Crippen LogP contribution in [0.5, 0.6) is 0 Å². The van der Waals surface area contributed by atoms with E-state index in [0.717, 1.165) is 13.0 Å². The molecule has 0 saturated carbocycles. The summed E-state index contributed by atoms with van der Waals surface area (Å²) in [5.41, 5.74) is 0.677. The van der Waals surface area contributed by atoms with E-state index in [2.05, 4.69) is 11.2 Å². The number of ether oxygens (including phenoxy) is 1. The van der Waals surface area contributed by atoms with Gasteiger partial charge in [0.2, 0.25) is 0 Å².